The second-order valence-corrected chi connectivity index (χ2v) is 5.28. The van der Waals surface area contributed by atoms with E-state index in [1.54, 1.807) is 23.5 Å². The first-order chi connectivity index (χ1) is 9.24. The molecule has 2 aromatic rings. The molecule has 0 saturated carbocycles. The first-order valence-electron chi connectivity index (χ1n) is 6.37. The summed E-state index contributed by atoms with van der Waals surface area (Å²) in [7, 11) is 0. The predicted molar refractivity (Wildman–Crippen MR) is 76.0 cm³/mol. The van der Waals surface area contributed by atoms with E-state index in [2.05, 4.69) is 12.2 Å². The van der Waals surface area contributed by atoms with E-state index >= 15 is 0 Å². The van der Waals surface area contributed by atoms with Crippen LogP contribution in [0.3, 0.4) is 0 Å². The highest BCUT2D eigenvalue weighted by atomic mass is 32.1. The van der Waals surface area contributed by atoms with Crippen molar-refractivity contribution in [3.05, 3.63) is 46.0 Å². The van der Waals surface area contributed by atoms with Crippen LogP contribution in [0.1, 0.15) is 47.0 Å². The number of carbonyl (C=O) groups excluding carboxylic acids is 1. The summed E-state index contributed by atoms with van der Waals surface area (Å²) in [5.41, 5.74) is 5.47. The summed E-state index contributed by atoms with van der Waals surface area (Å²) >= 11 is 1.65. The van der Waals surface area contributed by atoms with Gasteiger partial charge in [-0.05, 0) is 30.0 Å². The van der Waals surface area contributed by atoms with Crippen molar-refractivity contribution in [3.8, 4) is 0 Å². The summed E-state index contributed by atoms with van der Waals surface area (Å²) in [5.74, 6) is 0.748. The van der Waals surface area contributed by atoms with Gasteiger partial charge in [-0.3, -0.25) is 4.79 Å². The zero-order valence-electron chi connectivity index (χ0n) is 10.9. The molecule has 1 amide bonds. The van der Waals surface area contributed by atoms with Gasteiger partial charge in [0.2, 0.25) is 0 Å². The van der Waals surface area contributed by atoms with Crippen molar-refractivity contribution < 1.29 is 9.21 Å². The van der Waals surface area contributed by atoms with Crippen molar-refractivity contribution in [2.45, 2.75) is 32.4 Å². The van der Waals surface area contributed by atoms with Crippen LogP contribution in [0.15, 0.2) is 34.1 Å². The minimum atomic E-state index is -0.188. The molecule has 1 atom stereocenters. The zero-order valence-corrected chi connectivity index (χ0v) is 11.7. The first kappa shape index (κ1) is 13.8. The van der Waals surface area contributed by atoms with Crippen LogP contribution in [0.5, 0.6) is 0 Å². The molecule has 2 aromatic heterocycles. The Kier molecular flexibility index (Phi) is 4.76. The maximum Gasteiger partial charge on any atom is 0.287 e. The Balaban J connectivity index is 2.06. The molecule has 4 nitrogen and oxygen atoms in total. The van der Waals surface area contributed by atoms with Gasteiger partial charge < -0.3 is 15.5 Å². The van der Waals surface area contributed by atoms with Crippen LogP contribution < -0.4 is 11.1 Å². The van der Waals surface area contributed by atoms with Crippen LogP contribution in [0, 0.1) is 0 Å². The summed E-state index contributed by atoms with van der Waals surface area (Å²) in [6.07, 6.45) is 1.92. The Bertz CT molecular complexity index is 519. The molecule has 2 rings (SSSR count). The van der Waals surface area contributed by atoms with E-state index in [1.807, 2.05) is 17.5 Å². The second kappa shape index (κ2) is 6.54. The first-order valence-corrected chi connectivity index (χ1v) is 7.25. The van der Waals surface area contributed by atoms with E-state index in [1.165, 1.54) is 4.88 Å². The van der Waals surface area contributed by atoms with E-state index in [9.17, 15) is 4.79 Å². The van der Waals surface area contributed by atoms with Crippen LogP contribution in [0.2, 0.25) is 0 Å². The van der Waals surface area contributed by atoms with Gasteiger partial charge in [0.1, 0.15) is 5.76 Å². The van der Waals surface area contributed by atoms with Crippen LogP contribution in [-0.2, 0) is 6.54 Å². The topological polar surface area (TPSA) is 68.3 Å². The van der Waals surface area contributed by atoms with E-state index in [-0.39, 0.29) is 11.9 Å². The number of thiophene rings is 1. The summed E-state index contributed by atoms with van der Waals surface area (Å²) in [4.78, 5) is 13.3. The van der Waals surface area contributed by atoms with Crippen molar-refractivity contribution in [1.82, 2.24) is 5.32 Å². The number of carbonyl (C=O) groups is 1. The summed E-state index contributed by atoms with van der Waals surface area (Å²) in [6, 6.07) is 7.47. The minimum Gasteiger partial charge on any atom is -0.455 e. The van der Waals surface area contributed by atoms with Crippen LogP contribution in [0.4, 0.5) is 0 Å². The molecule has 5 heteroatoms. The number of rotatable bonds is 6. The number of furan rings is 1. The molecule has 102 valence electrons. The number of nitrogens with two attached hydrogens (primary N) is 1. The lowest BCUT2D eigenvalue weighted by atomic mass is 10.1. The zero-order chi connectivity index (χ0) is 13.7. The molecule has 0 aromatic carbocycles. The van der Waals surface area contributed by atoms with Gasteiger partial charge in [0, 0.05) is 4.88 Å². The molecule has 0 saturated heterocycles. The summed E-state index contributed by atoms with van der Waals surface area (Å²) in [5, 5.41) is 5.03. The van der Waals surface area contributed by atoms with E-state index in [4.69, 9.17) is 10.2 Å². The highest BCUT2D eigenvalue weighted by Crippen LogP contribution is 2.23. The van der Waals surface area contributed by atoms with E-state index in [0.717, 1.165) is 12.8 Å². The minimum absolute atomic E-state index is 0.0453. The smallest absolute Gasteiger partial charge is 0.287 e. The quantitative estimate of drug-likeness (QED) is 0.853. The molecule has 0 bridgehead atoms. The Labute approximate surface area is 116 Å². The third-order valence-corrected chi connectivity index (χ3v) is 3.84. The molecule has 0 fully saturated rings. The van der Waals surface area contributed by atoms with Crippen molar-refractivity contribution >= 4 is 17.2 Å². The Morgan fingerprint density at radius 2 is 2.32 bits per heavy atom. The SMILES string of the molecule is CCCC(NC(=O)c1ccc(CN)o1)c1cccs1. The fraction of sp³-hybridized carbons (Fsp3) is 0.357. The molecule has 0 aliphatic carbocycles. The van der Waals surface area contributed by atoms with Crippen molar-refractivity contribution in [2.75, 3.05) is 0 Å². The van der Waals surface area contributed by atoms with Gasteiger partial charge >= 0.3 is 0 Å². The number of nitrogens with one attached hydrogen (secondary N) is 1. The summed E-state index contributed by atoms with van der Waals surface area (Å²) in [6.45, 7) is 2.41. The third kappa shape index (κ3) is 3.45. The second-order valence-electron chi connectivity index (χ2n) is 4.30. The maximum absolute atomic E-state index is 12.1. The van der Waals surface area contributed by atoms with Crippen LogP contribution in [0.25, 0.3) is 0 Å². The van der Waals surface area contributed by atoms with Gasteiger partial charge in [-0.2, -0.15) is 0 Å². The van der Waals surface area contributed by atoms with Gasteiger partial charge in [-0.15, -0.1) is 11.3 Å². The largest absolute Gasteiger partial charge is 0.455 e. The Hall–Kier alpha value is -1.59. The number of hydrogen-bond donors (Lipinski definition) is 2. The lowest BCUT2D eigenvalue weighted by Gasteiger charge is -2.15. The highest BCUT2D eigenvalue weighted by molar-refractivity contribution is 7.10. The lowest BCUT2D eigenvalue weighted by Crippen LogP contribution is -2.27. The van der Waals surface area contributed by atoms with Gasteiger partial charge in [0.05, 0.1) is 12.6 Å². The van der Waals surface area contributed by atoms with Gasteiger partial charge in [-0.25, -0.2) is 0 Å². The Morgan fingerprint density at radius 3 is 2.89 bits per heavy atom. The fourth-order valence-corrected chi connectivity index (χ4v) is 2.72. The number of hydrogen-bond acceptors (Lipinski definition) is 4. The van der Waals surface area contributed by atoms with Gasteiger partial charge in [-0.1, -0.05) is 19.4 Å². The average molecular weight is 278 g/mol. The lowest BCUT2D eigenvalue weighted by molar-refractivity contribution is 0.0905. The standard InChI is InChI=1S/C14H18N2O2S/c1-2-4-11(13-5-3-8-19-13)16-14(17)12-7-6-10(9-15)18-12/h3,5-8,11H,2,4,9,15H2,1H3,(H,16,17). The summed E-state index contributed by atoms with van der Waals surface area (Å²) < 4.78 is 5.36. The molecule has 2 heterocycles. The molecule has 3 N–H and O–H groups in total. The molecule has 0 aliphatic heterocycles. The van der Waals surface area contributed by atoms with Crippen LogP contribution in [-0.4, -0.2) is 5.91 Å². The van der Waals surface area contributed by atoms with Crippen molar-refractivity contribution in [3.63, 3.8) is 0 Å². The third-order valence-electron chi connectivity index (χ3n) is 2.86. The molecule has 0 aliphatic rings. The monoisotopic (exact) mass is 278 g/mol. The number of amides is 1. The highest BCUT2D eigenvalue weighted by Gasteiger charge is 2.18. The predicted octanol–water partition coefficient (Wildman–Crippen LogP) is 3.07. The molecule has 1 unspecified atom stereocenters. The molecule has 0 spiro atoms. The molecule has 19 heavy (non-hydrogen) atoms. The molecular formula is C14H18N2O2S. The molecule has 0 radical (unpaired) electrons. The van der Waals surface area contributed by atoms with Crippen molar-refractivity contribution in [1.29, 1.82) is 0 Å². The van der Waals surface area contributed by atoms with E-state index < -0.39 is 0 Å². The van der Waals surface area contributed by atoms with Gasteiger partial charge in [0.15, 0.2) is 5.76 Å². The Morgan fingerprint density at radius 1 is 1.47 bits per heavy atom. The van der Waals surface area contributed by atoms with Crippen LogP contribution >= 0.6 is 11.3 Å². The van der Waals surface area contributed by atoms with Crippen molar-refractivity contribution in [2.24, 2.45) is 5.73 Å². The maximum atomic E-state index is 12.1. The fourth-order valence-electron chi connectivity index (χ4n) is 1.90. The normalized spacial score (nSPS) is 12.3. The molecular weight excluding hydrogens is 260 g/mol. The van der Waals surface area contributed by atoms with E-state index in [0.29, 0.717) is 18.1 Å². The van der Waals surface area contributed by atoms with Gasteiger partial charge in [0.25, 0.3) is 5.91 Å². The average Bonchev–Trinajstić information content (AvgIpc) is 3.09.